The Morgan fingerprint density at radius 2 is 1.80 bits per heavy atom. The molecular weight excluding hydrogens is 400 g/mol. The number of imidazole rings is 1. The first-order valence-corrected chi connectivity index (χ1v) is 10.00. The highest BCUT2D eigenvalue weighted by atomic mass is 35.5. The Morgan fingerprint density at radius 1 is 1.13 bits per heavy atom. The van der Waals surface area contributed by atoms with E-state index in [0.717, 1.165) is 5.56 Å². The van der Waals surface area contributed by atoms with Crippen LogP contribution in [0.25, 0.3) is 6.08 Å². The second-order valence-electron chi connectivity index (χ2n) is 8.02. The van der Waals surface area contributed by atoms with E-state index in [9.17, 15) is 9.90 Å². The van der Waals surface area contributed by atoms with Gasteiger partial charge in [0.1, 0.15) is 11.2 Å². The van der Waals surface area contributed by atoms with Crippen LogP contribution in [0.3, 0.4) is 0 Å². The monoisotopic (exact) mass is 424 g/mol. The van der Waals surface area contributed by atoms with Crippen LogP contribution in [0.5, 0.6) is 0 Å². The quantitative estimate of drug-likeness (QED) is 0.564. The number of carbonyl (C=O) groups excluding carboxylic acids is 1. The molecule has 0 spiro atoms. The van der Waals surface area contributed by atoms with Gasteiger partial charge in [0.2, 0.25) is 0 Å². The SMILES string of the molecule is CC(C)(C)OC(=O)C(n1ccnc1)C(O)(C=Cc1ccccc1)c1ccc(Cl)cc1. The second kappa shape index (κ2) is 8.86. The molecule has 1 aromatic heterocycles. The topological polar surface area (TPSA) is 64.4 Å². The van der Waals surface area contributed by atoms with Crippen molar-refractivity contribution >= 4 is 23.6 Å². The molecule has 0 saturated carbocycles. The van der Waals surface area contributed by atoms with Crippen molar-refractivity contribution < 1.29 is 14.6 Å². The first-order chi connectivity index (χ1) is 14.2. The van der Waals surface area contributed by atoms with Crippen molar-refractivity contribution in [3.63, 3.8) is 0 Å². The van der Waals surface area contributed by atoms with Gasteiger partial charge in [-0.3, -0.25) is 0 Å². The number of rotatable bonds is 6. The van der Waals surface area contributed by atoms with Gasteiger partial charge in [0.05, 0.1) is 6.33 Å². The molecule has 1 heterocycles. The zero-order valence-corrected chi connectivity index (χ0v) is 18.0. The lowest BCUT2D eigenvalue weighted by Crippen LogP contribution is -2.42. The normalized spacial score (nSPS) is 15.0. The van der Waals surface area contributed by atoms with Crippen LogP contribution in [-0.2, 0) is 15.1 Å². The third-order valence-electron chi connectivity index (χ3n) is 4.51. The van der Waals surface area contributed by atoms with Crippen LogP contribution in [-0.4, -0.2) is 26.2 Å². The summed E-state index contributed by atoms with van der Waals surface area (Å²) in [7, 11) is 0. The Hall–Kier alpha value is -2.89. The summed E-state index contributed by atoms with van der Waals surface area (Å²) in [4.78, 5) is 17.3. The van der Waals surface area contributed by atoms with Crippen molar-refractivity contribution in [1.82, 2.24) is 9.55 Å². The van der Waals surface area contributed by atoms with Crippen molar-refractivity contribution in [3.8, 4) is 0 Å². The van der Waals surface area contributed by atoms with Crippen LogP contribution in [0.15, 0.2) is 79.4 Å². The molecule has 156 valence electrons. The van der Waals surface area contributed by atoms with Gasteiger partial charge in [0, 0.05) is 17.4 Å². The van der Waals surface area contributed by atoms with Gasteiger partial charge < -0.3 is 14.4 Å². The molecule has 2 atom stereocenters. The van der Waals surface area contributed by atoms with Gasteiger partial charge in [0.15, 0.2) is 6.04 Å². The van der Waals surface area contributed by atoms with E-state index in [2.05, 4.69) is 4.98 Å². The standard InChI is InChI=1S/C24H25ClN2O3/c1-23(2,3)30-22(28)21(27-16-15-26-17-27)24(29,19-9-11-20(25)12-10-19)14-13-18-7-5-4-6-8-18/h4-17,21,29H,1-3H3. The predicted molar refractivity (Wildman–Crippen MR) is 118 cm³/mol. The van der Waals surface area contributed by atoms with Crippen molar-refractivity contribution in [2.45, 2.75) is 38.0 Å². The van der Waals surface area contributed by atoms with Gasteiger partial charge in [0.25, 0.3) is 0 Å². The van der Waals surface area contributed by atoms with Crippen LogP contribution >= 0.6 is 11.6 Å². The predicted octanol–water partition coefficient (Wildman–Crippen LogP) is 5.02. The number of hydrogen-bond acceptors (Lipinski definition) is 4. The Kier molecular flexibility index (Phi) is 6.44. The molecule has 30 heavy (non-hydrogen) atoms. The number of hydrogen-bond donors (Lipinski definition) is 1. The van der Waals surface area contributed by atoms with Gasteiger partial charge in [-0.1, -0.05) is 60.1 Å². The number of carbonyl (C=O) groups is 1. The molecular formula is C24H25ClN2O3. The van der Waals surface area contributed by atoms with Gasteiger partial charge in [-0.15, -0.1) is 0 Å². The zero-order chi connectivity index (χ0) is 21.8. The molecule has 1 N–H and O–H groups in total. The Labute approximate surface area is 181 Å². The fourth-order valence-corrected chi connectivity index (χ4v) is 3.28. The number of aliphatic hydroxyl groups is 1. The lowest BCUT2D eigenvalue weighted by molar-refractivity contribution is -0.166. The molecule has 2 unspecified atom stereocenters. The number of nitrogens with zero attached hydrogens (tertiary/aromatic N) is 2. The van der Waals surface area contributed by atoms with Crippen LogP contribution in [0, 0.1) is 0 Å². The zero-order valence-electron chi connectivity index (χ0n) is 17.2. The summed E-state index contributed by atoms with van der Waals surface area (Å²) >= 11 is 6.06. The van der Waals surface area contributed by atoms with E-state index in [4.69, 9.17) is 16.3 Å². The minimum Gasteiger partial charge on any atom is -0.458 e. The van der Waals surface area contributed by atoms with Gasteiger partial charge in [-0.2, -0.15) is 0 Å². The van der Waals surface area contributed by atoms with E-state index in [1.165, 1.54) is 6.33 Å². The lowest BCUT2D eigenvalue weighted by atomic mass is 9.85. The molecule has 0 amide bonds. The van der Waals surface area contributed by atoms with E-state index in [1.807, 2.05) is 30.3 Å². The lowest BCUT2D eigenvalue weighted by Gasteiger charge is -2.35. The Balaban J connectivity index is 2.15. The van der Waals surface area contributed by atoms with Crippen molar-refractivity contribution in [1.29, 1.82) is 0 Å². The minimum absolute atomic E-state index is 0.503. The van der Waals surface area contributed by atoms with E-state index < -0.39 is 23.2 Å². The summed E-state index contributed by atoms with van der Waals surface area (Å²) in [6.07, 6.45) is 8.07. The van der Waals surface area contributed by atoms with Crippen LogP contribution < -0.4 is 0 Å². The number of ether oxygens (including phenoxy) is 1. The minimum atomic E-state index is -1.72. The molecule has 0 bridgehead atoms. The number of halogens is 1. The summed E-state index contributed by atoms with van der Waals surface area (Å²) in [5.74, 6) is -0.573. The summed E-state index contributed by atoms with van der Waals surface area (Å²) in [5.41, 5.74) is -1.05. The molecule has 0 radical (unpaired) electrons. The largest absolute Gasteiger partial charge is 0.458 e. The van der Waals surface area contributed by atoms with Crippen LogP contribution in [0.2, 0.25) is 5.02 Å². The average molecular weight is 425 g/mol. The first-order valence-electron chi connectivity index (χ1n) is 9.62. The van der Waals surface area contributed by atoms with E-state index in [0.29, 0.717) is 10.6 Å². The molecule has 0 aliphatic heterocycles. The van der Waals surface area contributed by atoms with Crippen molar-refractivity contribution in [3.05, 3.63) is 95.5 Å². The highest BCUT2D eigenvalue weighted by Crippen LogP contribution is 2.38. The van der Waals surface area contributed by atoms with E-state index in [1.54, 1.807) is 74.1 Å². The highest BCUT2D eigenvalue weighted by molar-refractivity contribution is 6.30. The van der Waals surface area contributed by atoms with Gasteiger partial charge in [-0.05, 0) is 50.1 Å². The molecule has 0 aliphatic carbocycles. The molecule has 2 aromatic carbocycles. The van der Waals surface area contributed by atoms with E-state index in [-0.39, 0.29) is 0 Å². The van der Waals surface area contributed by atoms with E-state index >= 15 is 0 Å². The average Bonchev–Trinajstić information content (AvgIpc) is 3.20. The molecule has 0 saturated heterocycles. The molecule has 3 aromatic rings. The highest BCUT2D eigenvalue weighted by Gasteiger charge is 2.44. The maximum atomic E-state index is 13.3. The molecule has 5 nitrogen and oxygen atoms in total. The van der Waals surface area contributed by atoms with Crippen molar-refractivity contribution in [2.24, 2.45) is 0 Å². The maximum absolute atomic E-state index is 13.3. The molecule has 3 rings (SSSR count). The smallest absolute Gasteiger partial charge is 0.333 e. The first kappa shape index (κ1) is 21.8. The summed E-state index contributed by atoms with van der Waals surface area (Å²) in [6.45, 7) is 5.37. The molecule has 6 heteroatoms. The van der Waals surface area contributed by atoms with Crippen molar-refractivity contribution in [2.75, 3.05) is 0 Å². The summed E-state index contributed by atoms with van der Waals surface area (Å²) < 4.78 is 7.21. The third-order valence-corrected chi connectivity index (χ3v) is 4.76. The number of benzene rings is 2. The summed E-state index contributed by atoms with van der Waals surface area (Å²) in [6, 6.07) is 15.2. The maximum Gasteiger partial charge on any atom is 0.333 e. The fourth-order valence-electron chi connectivity index (χ4n) is 3.16. The number of esters is 1. The molecule has 0 aliphatic rings. The van der Waals surface area contributed by atoms with Crippen LogP contribution in [0.4, 0.5) is 0 Å². The third kappa shape index (κ3) is 5.17. The second-order valence-corrected chi connectivity index (χ2v) is 8.46. The van der Waals surface area contributed by atoms with Gasteiger partial charge in [-0.25, -0.2) is 9.78 Å². The Bertz CT molecular complexity index is 993. The molecule has 0 fully saturated rings. The Morgan fingerprint density at radius 3 is 2.37 bits per heavy atom. The van der Waals surface area contributed by atoms with Gasteiger partial charge >= 0.3 is 5.97 Å². The fraction of sp³-hybridized carbons (Fsp3) is 0.250. The number of aromatic nitrogens is 2. The summed E-state index contributed by atoms with van der Waals surface area (Å²) in [5, 5.41) is 12.5. The van der Waals surface area contributed by atoms with Crippen LogP contribution in [0.1, 0.15) is 37.9 Å².